The molecule has 3 heterocycles. The summed E-state index contributed by atoms with van der Waals surface area (Å²) in [4.78, 5) is 27.5. The minimum absolute atomic E-state index is 0.00276. The highest BCUT2D eigenvalue weighted by atomic mass is 35.5. The number of hydrogen-bond donors (Lipinski definition) is 2. The summed E-state index contributed by atoms with van der Waals surface area (Å²) in [5.74, 6) is -0.490. The van der Waals surface area contributed by atoms with E-state index in [0.29, 0.717) is 35.9 Å². The van der Waals surface area contributed by atoms with E-state index in [1.165, 1.54) is 24.4 Å². The first-order chi connectivity index (χ1) is 21.8. The first-order valence-electron chi connectivity index (χ1n) is 14.6. The molecule has 2 aromatic carbocycles. The minimum Gasteiger partial charge on any atom is -0.444 e. The number of ether oxygens (including phenoxy) is 2. The summed E-state index contributed by atoms with van der Waals surface area (Å²) in [5, 5.41) is 3.35. The maximum atomic E-state index is 15.4. The van der Waals surface area contributed by atoms with Gasteiger partial charge < -0.3 is 19.7 Å². The smallest absolute Gasteiger partial charge is 0.410 e. The fourth-order valence-electron chi connectivity index (χ4n) is 4.90. The van der Waals surface area contributed by atoms with Crippen molar-refractivity contribution in [2.75, 3.05) is 23.1 Å². The topological polar surface area (TPSA) is 136 Å². The third-order valence-electron chi connectivity index (χ3n) is 6.92. The number of aryl methyl sites for hydroxylation is 1. The Hall–Kier alpha value is -4.49. The number of rotatable bonds is 8. The molecule has 0 spiro atoms. The second-order valence-electron chi connectivity index (χ2n) is 11.8. The fraction of sp³-hybridized carbons (Fsp3) is 0.312. The van der Waals surface area contributed by atoms with Gasteiger partial charge in [-0.05, 0) is 82.5 Å². The number of carbonyl (C=O) groups is 1. The predicted molar refractivity (Wildman–Crippen MR) is 173 cm³/mol. The lowest BCUT2D eigenvalue weighted by molar-refractivity contribution is 0.0206. The van der Waals surface area contributed by atoms with E-state index in [0.717, 1.165) is 18.9 Å². The molecule has 1 unspecified atom stereocenters. The van der Waals surface area contributed by atoms with Crippen molar-refractivity contribution in [1.29, 1.82) is 0 Å². The molecule has 2 aromatic heterocycles. The Bertz CT molecular complexity index is 1830. The van der Waals surface area contributed by atoms with E-state index < -0.39 is 21.4 Å². The fourth-order valence-corrected chi connectivity index (χ4v) is 6.46. The second kappa shape index (κ2) is 13.5. The van der Waals surface area contributed by atoms with E-state index >= 15 is 4.39 Å². The zero-order valence-electron chi connectivity index (χ0n) is 25.8. The zero-order valence-corrected chi connectivity index (χ0v) is 27.3. The number of anilines is 2. The largest absolute Gasteiger partial charge is 0.444 e. The van der Waals surface area contributed by atoms with Gasteiger partial charge in [-0.3, -0.25) is 4.72 Å². The summed E-state index contributed by atoms with van der Waals surface area (Å²) in [6.07, 6.45) is 4.34. The van der Waals surface area contributed by atoms with Gasteiger partial charge in [0.15, 0.2) is 11.6 Å². The molecule has 4 aromatic rings. The van der Waals surface area contributed by atoms with Gasteiger partial charge >= 0.3 is 6.09 Å². The summed E-state index contributed by atoms with van der Waals surface area (Å²) in [6.45, 7) is 8.13. The van der Waals surface area contributed by atoms with E-state index in [2.05, 4.69) is 25.0 Å². The number of halogens is 2. The first kappa shape index (κ1) is 32.9. The number of sulfonamides is 1. The molecule has 1 atom stereocenters. The molecule has 0 saturated carbocycles. The molecule has 5 rings (SSSR count). The number of nitrogens with zero attached hydrogens (tertiary/aromatic N) is 4. The van der Waals surface area contributed by atoms with Crippen LogP contribution in [0.3, 0.4) is 0 Å². The van der Waals surface area contributed by atoms with Crippen molar-refractivity contribution in [1.82, 2.24) is 19.9 Å². The third-order valence-corrected chi connectivity index (χ3v) is 8.80. The molecular weight excluding hydrogens is 635 g/mol. The average Bonchev–Trinajstić information content (AvgIpc) is 2.98. The number of amides is 1. The Balaban J connectivity index is 1.33. The number of aromatic nitrogens is 3. The van der Waals surface area contributed by atoms with Gasteiger partial charge in [-0.15, -0.1) is 0 Å². The summed E-state index contributed by atoms with van der Waals surface area (Å²) >= 11 is 6.06. The van der Waals surface area contributed by atoms with Crippen molar-refractivity contribution in [3.63, 3.8) is 0 Å². The van der Waals surface area contributed by atoms with Gasteiger partial charge in [0, 0.05) is 37.6 Å². The van der Waals surface area contributed by atoms with E-state index in [1.54, 1.807) is 48.4 Å². The summed E-state index contributed by atoms with van der Waals surface area (Å²) < 4.78 is 55.0. The number of likely N-dealkylation sites (tertiary alicyclic amines) is 1. The molecule has 1 fully saturated rings. The van der Waals surface area contributed by atoms with E-state index in [-0.39, 0.29) is 39.4 Å². The molecule has 46 heavy (non-hydrogen) atoms. The number of hydrogen-bond acceptors (Lipinski definition) is 9. The van der Waals surface area contributed by atoms with Crippen LogP contribution in [0.25, 0.3) is 11.3 Å². The van der Waals surface area contributed by atoms with Crippen LogP contribution in [0.15, 0.2) is 71.9 Å². The Morgan fingerprint density at radius 1 is 1.09 bits per heavy atom. The number of pyridine rings is 1. The number of nitrogens with one attached hydrogen (secondary N) is 2. The zero-order chi connectivity index (χ0) is 33.1. The summed E-state index contributed by atoms with van der Waals surface area (Å²) in [5.41, 5.74) is 0.696. The van der Waals surface area contributed by atoms with Gasteiger partial charge in [0.1, 0.15) is 10.5 Å². The molecule has 11 nitrogen and oxygen atoms in total. The normalized spacial score (nSPS) is 15.3. The highest BCUT2D eigenvalue weighted by Gasteiger charge is 2.28. The SMILES string of the molecule is Cc1cc(NS(=O)(=O)c2ccccc2Cl)cc(F)c1Oc1ncccc1-c1ccnc(NC2CCCN(C(=O)OC(C)(C)C)C2)n1. The Labute approximate surface area is 272 Å². The van der Waals surface area contributed by atoms with Crippen molar-refractivity contribution < 1.29 is 27.1 Å². The van der Waals surface area contributed by atoms with Gasteiger partial charge in [-0.1, -0.05) is 23.7 Å². The van der Waals surface area contributed by atoms with E-state index in [9.17, 15) is 13.2 Å². The molecule has 1 amide bonds. The maximum Gasteiger partial charge on any atom is 0.410 e. The summed E-state index contributed by atoms with van der Waals surface area (Å²) in [7, 11) is -4.07. The Kier molecular flexibility index (Phi) is 9.63. The van der Waals surface area contributed by atoms with Crippen LogP contribution >= 0.6 is 11.6 Å². The number of piperidine rings is 1. The molecule has 2 N–H and O–H groups in total. The van der Waals surface area contributed by atoms with Crippen LogP contribution < -0.4 is 14.8 Å². The van der Waals surface area contributed by atoms with Crippen LogP contribution in [-0.2, 0) is 14.8 Å². The lowest BCUT2D eigenvalue weighted by Gasteiger charge is -2.34. The molecule has 242 valence electrons. The molecule has 14 heteroatoms. The van der Waals surface area contributed by atoms with Crippen LogP contribution in [-0.4, -0.2) is 59.1 Å². The van der Waals surface area contributed by atoms with E-state index in [1.807, 2.05) is 20.8 Å². The molecular formula is C32H34ClFN6O5S. The van der Waals surface area contributed by atoms with Crippen molar-refractivity contribution in [3.8, 4) is 22.9 Å². The van der Waals surface area contributed by atoms with Crippen molar-refractivity contribution >= 4 is 39.4 Å². The van der Waals surface area contributed by atoms with Gasteiger partial charge in [-0.2, -0.15) is 0 Å². The van der Waals surface area contributed by atoms with Gasteiger partial charge in [-0.25, -0.2) is 32.6 Å². The predicted octanol–water partition coefficient (Wildman–Crippen LogP) is 7.04. The minimum atomic E-state index is -4.07. The maximum absolute atomic E-state index is 15.4. The van der Waals surface area contributed by atoms with Crippen molar-refractivity contribution in [2.24, 2.45) is 0 Å². The molecule has 1 aliphatic heterocycles. The highest BCUT2D eigenvalue weighted by molar-refractivity contribution is 7.92. The molecule has 1 aliphatic rings. The van der Waals surface area contributed by atoms with E-state index in [4.69, 9.17) is 21.1 Å². The first-order valence-corrected chi connectivity index (χ1v) is 16.4. The lowest BCUT2D eigenvalue weighted by Crippen LogP contribution is -2.47. The van der Waals surface area contributed by atoms with Crippen LogP contribution in [0.2, 0.25) is 5.02 Å². The highest BCUT2D eigenvalue weighted by Crippen LogP contribution is 2.35. The third kappa shape index (κ3) is 8.01. The lowest BCUT2D eigenvalue weighted by atomic mass is 10.1. The van der Waals surface area contributed by atoms with Gasteiger partial charge in [0.05, 0.1) is 22.0 Å². The van der Waals surface area contributed by atoms with Gasteiger partial charge in [0.2, 0.25) is 11.8 Å². The monoisotopic (exact) mass is 668 g/mol. The van der Waals surface area contributed by atoms with Crippen molar-refractivity contribution in [2.45, 2.75) is 57.1 Å². The van der Waals surface area contributed by atoms with Gasteiger partial charge in [0.25, 0.3) is 10.0 Å². The average molecular weight is 669 g/mol. The molecule has 0 bridgehead atoms. The van der Waals surface area contributed by atoms with Crippen LogP contribution in [0.4, 0.5) is 20.8 Å². The number of benzene rings is 2. The molecule has 0 aliphatic carbocycles. The quantitative estimate of drug-likeness (QED) is 0.203. The van der Waals surface area contributed by atoms with Crippen LogP contribution in [0.5, 0.6) is 11.6 Å². The Morgan fingerprint density at radius 2 is 1.87 bits per heavy atom. The molecule has 0 radical (unpaired) electrons. The van der Waals surface area contributed by atoms with Crippen LogP contribution in [0.1, 0.15) is 39.2 Å². The van der Waals surface area contributed by atoms with Crippen LogP contribution in [0, 0.1) is 12.7 Å². The molecule has 1 saturated heterocycles. The number of carbonyl (C=O) groups excluding carboxylic acids is 1. The Morgan fingerprint density at radius 3 is 2.61 bits per heavy atom. The van der Waals surface area contributed by atoms with Crippen molar-refractivity contribution in [3.05, 3.63) is 83.4 Å². The second-order valence-corrected chi connectivity index (χ2v) is 13.8. The summed E-state index contributed by atoms with van der Waals surface area (Å²) in [6, 6.07) is 13.5. The standard InChI is InChI=1S/C32H34ClFN6O5S/c1-20-17-22(39-46(42,43)27-12-6-5-11-24(27)33)18-25(34)28(20)44-29-23(10-7-14-35-29)26-13-15-36-30(38-26)37-21-9-8-16-40(19-21)31(41)45-32(2,3)4/h5-7,10-15,17-18,21,39H,8-9,16,19H2,1-4H3,(H,36,37,38).